The van der Waals surface area contributed by atoms with Gasteiger partial charge in [-0.05, 0) is 31.0 Å². The fraction of sp³-hybridized carbons (Fsp3) is 0.462. The summed E-state index contributed by atoms with van der Waals surface area (Å²) < 4.78 is 0. The van der Waals surface area contributed by atoms with Gasteiger partial charge in [-0.1, -0.05) is 17.7 Å². The van der Waals surface area contributed by atoms with Gasteiger partial charge >= 0.3 is 0 Å². The van der Waals surface area contributed by atoms with Crippen molar-refractivity contribution >= 4 is 23.2 Å². The van der Waals surface area contributed by atoms with E-state index in [0.717, 1.165) is 18.7 Å². The van der Waals surface area contributed by atoms with Crippen LogP contribution in [0.2, 0.25) is 5.02 Å². The van der Waals surface area contributed by atoms with E-state index in [4.69, 9.17) is 17.3 Å². The average Bonchev–Trinajstić information content (AvgIpc) is 2.77. The van der Waals surface area contributed by atoms with Crippen LogP contribution in [-0.2, 0) is 4.79 Å². The van der Waals surface area contributed by atoms with E-state index >= 15 is 0 Å². The largest absolute Gasteiger partial charge is 0.389 e. The highest BCUT2D eigenvalue weighted by atomic mass is 35.5. The molecule has 3 N–H and O–H groups in total. The van der Waals surface area contributed by atoms with Crippen molar-refractivity contribution < 1.29 is 9.90 Å². The number of halogens is 1. The molecule has 1 aromatic rings. The maximum atomic E-state index is 11.1. The molecule has 1 heterocycles. The van der Waals surface area contributed by atoms with Crippen LogP contribution in [0.15, 0.2) is 18.2 Å². The summed E-state index contributed by atoms with van der Waals surface area (Å²) in [7, 11) is 0. The molecule has 2 rings (SSSR count). The van der Waals surface area contributed by atoms with Crippen LogP contribution in [0.25, 0.3) is 0 Å². The van der Waals surface area contributed by atoms with Crippen molar-refractivity contribution in [3.05, 3.63) is 28.8 Å². The van der Waals surface area contributed by atoms with Gasteiger partial charge in [0.2, 0.25) is 5.91 Å². The normalized spacial score (nSPS) is 21.1. The Hall–Kier alpha value is -1.26. The van der Waals surface area contributed by atoms with E-state index in [2.05, 4.69) is 4.90 Å². The van der Waals surface area contributed by atoms with Gasteiger partial charge in [0, 0.05) is 23.8 Å². The van der Waals surface area contributed by atoms with Gasteiger partial charge in [-0.2, -0.15) is 0 Å². The average molecular weight is 269 g/mol. The van der Waals surface area contributed by atoms with Crippen molar-refractivity contribution in [3.63, 3.8) is 0 Å². The predicted octanol–water partition coefficient (Wildman–Crippen LogP) is 1.70. The van der Waals surface area contributed by atoms with E-state index in [1.54, 1.807) is 6.92 Å². The van der Waals surface area contributed by atoms with Crippen molar-refractivity contribution in [1.29, 1.82) is 0 Å². The molecule has 1 aliphatic heterocycles. The Morgan fingerprint density at radius 2 is 2.33 bits per heavy atom. The summed E-state index contributed by atoms with van der Waals surface area (Å²) in [4.78, 5) is 13.2. The Morgan fingerprint density at radius 3 is 2.83 bits per heavy atom. The molecule has 18 heavy (non-hydrogen) atoms. The minimum absolute atomic E-state index is 0.0831. The van der Waals surface area contributed by atoms with Gasteiger partial charge in [-0.15, -0.1) is 0 Å². The lowest BCUT2D eigenvalue weighted by atomic mass is 10.1. The quantitative estimate of drug-likeness (QED) is 0.877. The fourth-order valence-electron chi connectivity index (χ4n) is 2.28. The molecule has 0 aromatic heterocycles. The zero-order valence-corrected chi connectivity index (χ0v) is 11.0. The molecule has 1 saturated heterocycles. The second-order valence-electron chi connectivity index (χ2n) is 4.72. The van der Waals surface area contributed by atoms with E-state index in [9.17, 15) is 9.90 Å². The number of nitrogens with two attached hydrogens (primary N) is 1. The Morgan fingerprint density at radius 1 is 1.61 bits per heavy atom. The second-order valence-corrected chi connectivity index (χ2v) is 5.12. The van der Waals surface area contributed by atoms with E-state index < -0.39 is 6.10 Å². The van der Waals surface area contributed by atoms with Crippen LogP contribution in [0, 0.1) is 5.92 Å². The first-order valence-corrected chi connectivity index (χ1v) is 6.38. The van der Waals surface area contributed by atoms with Crippen LogP contribution >= 0.6 is 11.6 Å². The SMILES string of the molecule is CC(O)c1ccc(N2CCC(C(N)=O)C2)cc1Cl. The van der Waals surface area contributed by atoms with E-state index in [0.29, 0.717) is 17.1 Å². The minimum atomic E-state index is -0.580. The number of aliphatic hydroxyl groups is 1. The molecule has 1 fully saturated rings. The molecular formula is C13H17ClN2O2. The molecule has 2 unspecified atom stereocenters. The molecule has 4 nitrogen and oxygen atoms in total. The number of amides is 1. The van der Waals surface area contributed by atoms with Gasteiger partial charge < -0.3 is 15.7 Å². The number of primary amides is 1. The molecule has 0 saturated carbocycles. The molecule has 2 atom stereocenters. The van der Waals surface area contributed by atoms with Crippen molar-refractivity contribution in [3.8, 4) is 0 Å². The van der Waals surface area contributed by atoms with Crippen molar-refractivity contribution in [2.75, 3.05) is 18.0 Å². The van der Waals surface area contributed by atoms with Gasteiger partial charge in [-0.3, -0.25) is 4.79 Å². The first-order chi connectivity index (χ1) is 8.49. The monoisotopic (exact) mass is 268 g/mol. The molecule has 0 bridgehead atoms. The number of anilines is 1. The molecular weight excluding hydrogens is 252 g/mol. The zero-order valence-electron chi connectivity index (χ0n) is 10.3. The summed E-state index contributed by atoms with van der Waals surface area (Å²) in [5.41, 5.74) is 6.99. The van der Waals surface area contributed by atoms with E-state index in [-0.39, 0.29) is 11.8 Å². The first-order valence-electron chi connectivity index (χ1n) is 6.01. The molecule has 1 aromatic carbocycles. The van der Waals surface area contributed by atoms with Crippen LogP contribution in [0.1, 0.15) is 25.0 Å². The van der Waals surface area contributed by atoms with Crippen molar-refractivity contribution in [1.82, 2.24) is 0 Å². The molecule has 98 valence electrons. The fourth-order valence-corrected chi connectivity index (χ4v) is 2.61. The lowest BCUT2D eigenvalue weighted by molar-refractivity contribution is -0.121. The van der Waals surface area contributed by atoms with E-state index in [1.807, 2.05) is 18.2 Å². The molecule has 0 aliphatic carbocycles. The summed E-state index contributed by atoms with van der Waals surface area (Å²) in [5.74, 6) is -0.329. The summed E-state index contributed by atoms with van der Waals surface area (Å²) in [6.07, 6.45) is 0.203. The van der Waals surface area contributed by atoms with Gasteiger partial charge in [0.25, 0.3) is 0 Å². The summed E-state index contributed by atoms with van der Waals surface area (Å²) in [6.45, 7) is 3.12. The standard InChI is InChI=1S/C13H17ClN2O2/c1-8(17)11-3-2-10(6-12(11)14)16-5-4-9(7-16)13(15)18/h2-3,6,8-9,17H,4-5,7H2,1H3,(H2,15,18). The number of aliphatic hydroxyl groups excluding tert-OH is 1. The zero-order chi connectivity index (χ0) is 13.3. The van der Waals surface area contributed by atoms with Crippen LogP contribution < -0.4 is 10.6 Å². The lowest BCUT2D eigenvalue weighted by Gasteiger charge is -2.19. The van der Waals surface area contributed by atoms with Gasteiger partial charge in [0.05, 0.1) is 12.0 Å². The third kappa shape index (κ3) is 2.60. The molecule has 5 heteroatoms. The number of carbonyl (C=O) groups is 1. The van der Waals surface area contributed by atoms with Crippen LogP contribution in [-0.4, -0.2) is 24.1 Å². The van der Waals surface area contributed by atoms with Gasteiger partial charge in [0.15, 0.2) is 0 Å². The third-order valence-electron chi connectivity index (χ3n) is 3.39. The summed E-state index contributed by atoms with van der Waals surface area (Å²) in [6, 6.07) is 5.56. The lowest BCUT2D eigenvalue weighted by Crippen LogP contribution is -2.27. The predicted molar refractivity (Wildman–Crippen MR) is 71.6 cm³/mol. The number of carbonyl (C=O) groups excluding carboxylic acids is 1. The highest BCUT2D eigenvalue weighted by Gasteiger charge is 2.27. The first kappa shape index (κ1) is 13.2. The third-order valence-corrected chi connectivity index (χ3v) is 3.72. The second kappa shape index (κ2) is 5.16. The summed E-state index contributed by atoms with van der Waals surface area (Å²) >= 11 is 6.12. The number of benzene rings is 1. The van der Waals surface area contributed by atoms with Crippen LogP contribution in [0.3, 0.4) is 0 Å². The number of hydrogen-bond donors (Lipinski definition) is 2. The van der Waals surface area contributed by atoms with Crippen LogP contribution in [0.5, 0.6) is 0 Å². The Balaban J connectivity index is 2.16. The smallest absolute Gasteiger partial charge is 0.222 e. The Bertz CT molecular complexity index is 462. The minimum Gasteiger partial charge on any atom is -0.389 e. The van der Waals surface area contributed by atoms with Gasteiger partial charge in [0.1, 0.15) is 0 Å². The van der Waals surface area contributed by atoms with Gasteiger partial charge in [-0.25, -0.2) is 0 Å². The molecule has 0 radical (unpaired) electrons. The topological polar surface area (TPSA) is 66.6 Å². The Kier molecular flexibility index (Phi) is 3.78. The number of rotatable bonds is 3. The van der Waals surface area contributed by atoms with Crippen LogP contribution in [0.4, 0.5) is 5.69 Å². The van der Waals surface area contributed by atoms with Crippen molar-refractivity contribution in [2.45, 2.75) is 19.4 Å². The maximum absolute atomic E-state index is 11.1. The highest BCUT2D eigenvalue weighted by molar-refractivity contribution is 6.31. The Labute approximate surface area is 111 Å². The highest BCUT2D eigenvalue weighted by Crippen LogP contribution is 2.30. The van der Waals surface area contributed by atoms with E-state index in [1.165, 1.54) is 0 Å². The molecule has 1 amide bonds. The van der Waals surface area contributed by atoms with Crippen molar-refractivity contribution in [2.24, 2.45) is 11.7 Å². The molecule has 0 spiro atoms. The number of nitrogens with zero attached hydrogens (tertiary/aromatic N) is 1. The maximum Gasteiger partial charge on any atom is 0.222 e. The summed E-state index contributed by atoms with van der Waals surface area (Å²) in [5, 5.41) is 10.1. The molecule has 1 aliphatic rings. The number of hydrogen-bond acceptors (Lipinski definition) is 3.